The molecule has 0 N–H and O–H groups in total. The molecule has 2 aromatic rings. The number of thiophene rings is 1. The summed E-state index contributed by atoms with van der Waals surface area (Å²) >= 11 is 8.24. The number of benzene rings is 1. The minimum absolute atomic E-state index is 0.291. The van der Waals surface area contributed by atoms with Gasteiger partial charge in [-0.2, -0.15) is 0 Å². The lowest BCUT2D eigenvalue weighted by Crippen LogP contribution is -1.96. The number of hydrogen-bond acceptors (Lipinski definition) is 2. The second-order valence-corrected chi connectivity index (χ2v) is 6.50. The average molecular weight is 380 g/mol. The normalized spacial score (nSPS) is 10.5. The van der Waals surface area contributed by atoms with E-state index in [1.54, 1.807) is 17.4 Å². The molecule has 0 aliphatic carbocycles. The standard InChI is InChI=1S/C12H9Br2FOS/c13-6-8-1-3-11(10(15)5-8)16-7-9-2-4-12(14)17-9/h1-5H,6-7H2. The van der Waals surface area contributed by atoms with Crippen molar-refractivity contribution >= 4 is 43.2 Å². The molecule has 0 saturated carbocycles. The van der Waals surface area contributed by atoms with E-state index in [2.05, 4.69) is 31.9 Å². The van der Waals surface area contributed by atoms with Crippen molar-refractivity contribution in [3.05, 3.63) is 50.4 Å². The van der Waals surface area contributed by atoms with Gasteiger partial charge in [-0.1, -0.05) is 22.0 Å². The van der Waals surface area contributed by atoms with Crippen molar-refractivity contribution in [2.24, 2.45) is 0 Å². The van der Waals surface area contributed by atoms with Gasteiger partial charge >= 0.3 is 0 Å². The monoisotopic (exact) mass is 378 g/mol. The van der Waals surface area contributed by atoms with Gasteiger partial charge in [0.05, 0.1) is 3.79 Å². The molecule has 0 spiro atoms. The Bertz CT molecular complexity index is 513. The summed E-state index contributed by atoms with van der Waals surface area (Å²) in [5, 5.41) is 0.641. The van der Waals surface area contributed by atoms with Crippen LogP contribution in [0, 0.1) is 5.82 Å². The van der Waals surface area contributed by atoms with E-state index in [0.29, 0.717) is 17.7 Å². The maximum atomic E-state index is 13.6. The molecule has 0 amide bonds. The summed E-state index contributed by atoms with van der Waals surface area (Å²) in [6.07, 6.45) is 0. The first-order valence-corrected chi connectivity index (χ1v) is 7.63. The molecule has 0 unspecified atom stereocenters. The fourth-order valence-corrected chi connectivity index (χ4v) is 3.07. The molecular weight excluding hydrogens is 371 g/mol. The van der Waals surface area contributed by atoms with E-state index in [4.69, 9.17) is 4.74 Å². The highest BCUT2D eigenvalue weighted by atomic mass is 79.9. The van der Waals surface area contributed by atoms with E-state index in [9.17, 15) is 4.39 Å². The number of halogens is 3. The lowest BCUT2D eigenvalue weighted by atomic mass is 10.2. The largest absolute Gasteiger partial charge is 0.485 e. The van der Waals surface area contributed by atoms with Crippen molar-refractivity contribution in [1.29, 1.82) is 0 Å². The molecule has 0 atom stereocenters. The van der Waals surface area contributed by atoms with Gasteiger partial charge in [-0.05, 0) is 45.8 Å². The van der Waals surface area contributed by atoms with E-state index in [1.807, 2.05) is 18.2 Å². The maximum absolute atomic E-state index is 13.6. The van der Waals surface area contributed by atoms with E-state index < -0.39 is 0 Å². The summed E-state index contributed by atoms with van der Waals surface area (Å²) in [4.78, 5) is 1.06. The fourth-order valence-electron chi connectivity index (χ4n) is 1.32. The number of ether oxygens (including phenoxy) is 1. The first-order chi connectivity index (χ1) is 8.19. The van der Waals surface area contributed by atoms with Gasteiger partial charge in [0.15, 0.2) is 11.6 Å². The topological polar surface area (TPSA) is 9.23 Å². The van der Waals surface area contributed by atoms with Crippen molar-refractivity contribution in [3.63, 3.8) is 0 Å². The van der Waals surface area contributed by atoms with Crippen LogP contribution in [0.25, 0.3) is 0 Å². The Labute approximate surface area is 120 Å². The van der Waals surface area contributed by atoms with Gasteiger partial charge in [-0.25, -0.2) is 4.39 Å². The second-order valence-electron chi connectivity index (χ2n) is 3.39. The van der Waals surface area contributed by atoms with Crippen molar-refractivity contribution in [2.75, 3.05) is 0 Å². The Morgan fingerprint density at radius 3 is 2.65 bits per heavy atom. The zero-order valence-corrected chi connectivity index (χ0v) is 12.7. The first kappa shape index (κ1) is 13.1. The molecular formula is C12H9Br2FOS. The van der Waals surface area contributed by atoms with Crippen LogP contribution in [0.1, 0.15) is 10.4 Å². The number of alkyl halides is 1. The summed E-state index contributed by atoms with van der Waals surface area (Å²) in [5.41, 5.74) is 0.897. The summed E-state index contributed by atoms with van der Waals surface area (Å²) in [7, 11) is 0. The molecule has 1 aromatic carbocycles. The summed E-state index contributed by atoms with van der Waals surface area (Å²) < 4.78 is 20.1. The number of hydrogen-bond donors (Lipinski definition) is 0. The van der Waals surface area contributed by atoms with Gasteiger partial charge in [0.2, 0.25) is 0 Å². The molecule has 5 heteroatoms. The predicted molar refractivity (Wildman–Crippen MR) is 75.4 cm³/mol. The van der Waals surface area contributed by atoms with Crippen LogP contribution >= 0.6 is 43.2 Å². The predicted octanol–water partition coefficient (Wildman–Crippen LogP) is 5.12. The van der Waals surface area contributed by atoms with E-state index in [1.165, 1.54) is 6.07 Å². The zero-order chi connectivity index (χ0) is 12.3. The zero-order valence-electron chi connectivity index (χ0n) is 8.75. The molecule has 1 aromatic heterocycles. The first-order valence-electron chi connectivity index (χ1n) is 4.90. The molecule has 1 nitrogen and oxygen atoms in total. The average Bonchev–Trinajstić information content (AvgIpc) is 2.73. The van der Waals surface area contributed by atoms with Gasteiger partial charge in [0, 0.05) is 10.2 Å². The van der Waals surface area contributed by atoms with Crippen LogP contribution in [-0.2, 0) is 11.9 Å². The van der Waals surface area contributed by atoms with Gasteiger partial charge in [0.25, 0.3) is 0 Å². The summed E-state index contributed by atoms with van der Waals surface area (Å²) in [6.45, 7) is 0.390. The van der Waals surface area contributed by atoms with Crippen LogP contribution in [0.3, 0.4) is 0 Å². The highest BCUT2D eigenvalue weighted by Gasteiger charge is 2.05. The van der Waals surface area contributed by atoms with Crippen LogP contribution in [0.5, 0.6) is 5.75 Å². The van der Waals surface area contributed by atoms with Crippen molar-refractivity contribution in [3.8, 4) is 5.75 Å². The maximum Gasteiger partial charge on any atom is 0.165 e. The Balaban J connectivity index is 2.04. The van der Waals surface area contributed by atoms with E-state index in [-0.39, 0.29) is 5.82 Å². The summed E-state index contributed by atoms with van der Waals surface area (Å²) in [6, 6.07) is 8.90. The molecule has 0 bridgehead atoms. The molecule has 17 heavy (non-hydrogen) atoms. The van der Waals surface area contributed by atoms with Gasteiger partial charge in [-0.3, -0.25) is 0 Å². The van der Waals surface area contributed by atoms with E-state index >= 15 is 0 Å². The lowest BCUT2D eigenvalue weighted by Gasteiger charge is -2.06. The smallest absolute Gasteiger partial charge is 0.165 e. The highest BCUT2D eigenvalue weighted by molar-refractivity contribution is 9.11. The van der Waals surface area contributed by atoms with Crippen LogP contribution in [0.4, 0.5) is 4.39 Å². The van der Waals surface area contributed by atoms with Crippen molar-refractivity contribution in [2.45, 2.75) is 11.9 Å². The van der Waals surface area contributed by atoms with Crippen LogP contribution in [-0.4, -0.2) is 0 Å². The minimum Gasteiger partial charge on any atom is -0.485 e. The number of rotatable bonds is 4. The third-order valence-corrected chi connectivity index (χ3v) is 4.39. The molecule has 0 aliphatic rings. The quantitative estimate of drug-likeness (QED) is 0.669. The Kier molecular flexibility index (Phi) is 4.59. The summed E-state index contributed by atoms with van der Waals surface area (Å²) in [5.74, 6) is -0.0307. The Hall–Kier alpha value is -0.390. The Morgan fingerprint density at radius 2 is 2.06 bits per heavy atom. The van der Waals surface area contributed by atoms with Crippen LogP contribution in [0.15, 0.2) is 34.1 Å². The van der Waals surface area contributed by atoms with Crippen molar-refractivity contribution in [1.82, 2.24) is 0 Å². The molecule has 0 fully saturated rings. The molecule has 0 aliphatic heterocycles. The third-order valence-electron chi connectivity index (χ3n) is 2.15. The van der Waals surface area contributed by atoms with E-state index in [0.717, 1.165) is 14.2 Å². The SMILES string of the molecule is Fc1cc(CBr)ccc1OCc1ccc(Br)s1. The van der Waals surface area contributed by atoms with Crippen molar-refractivity contribution < 1.29 is 9.13 Å². The molecule has 0 saturated heterocycles. The lowest BCUT2D eigenvalue weighted by molar-refractivity contribution is 0.293. The van der Waals surface area contributed by atoms with Crippen LogP contribution in [0.2, 0.25) is 0 Å². The van der Waals surface area contributed by atoms with Gasteiger partial charge < -0.3 is 4.74 Å². The second kappa shape index (κ2) is 5.98. The van der Waals surface area contributed by atoms with Gasteiger partial charge in [-0.15, -0.1) is 11.3 Å². The van der Waals surface area contributed by atoms with Gasteiger partial charge in [0.1, 0.15) is 6.61 Å². The third kappa shape index (κ3) is 3.53. The molecule has 2 rings (SSSR count). The highest BCUT2D eigenvalue weighted by Crippen LogP contribution is 2.25. The molecule has 1 heterocycles. The molecule has 0 radical (unpaired) electrons. The minimum atomic E-state index is -0.322. The molecule has 90 valence electrons. The Morgan fingerprint density at radius 1 is 1.24 bits per heavy atom. The van der Waals surface area contributed by atoms with Crippen LogP contribution < -0.4 is 4.74 Å². The fraction of sp³-hybridized carbons (Fsp3) is 0.167.